The highest BCUT2D eigenvalue weighted by Gasteiger charge is 2.33. The summed E-state index contributed by atoms with van der Waals surface area (Å²) in [5.74, 6) is 1.78. The average molecular weight is 329 g/mol. The Morgan fingerprint density at radius 2 is 2.12 bits per heavy atom. The number of piperidine rings is 2. The molecular weight excluding hydrogens is 296 g/mol. The number of hydrogen-bond donors (Lipinski definition) is 0. The standard InChI is InChI=1S/C21H32N2O/c1-3-14-24-20-10-6-8-18(15-20)16-22(2)17-19-9-7-13-23-12-5-4-11-21(19)23/h3,6,8,10,15,19,21H,1,4-5,7,9,11-14,16-17H2,2H3/t19-,21+/m0/s1. The van der Waals surface area contributed by atoms with Gasteiger partial charge in [0, 0.05) is 19.1 Å². The minimum Gasteiger partial charge on any atom is -0.490 e. The summed E-state index contributed by atoms with van der Waals surface area (Å²) >= 11 is 0. The Morgan fingerprint density at radius 3 is 3.00 bits per heavy atom. The molecule has 0 N–H and O–H groups in total. The van der Waals surface area contributed by atoms with Crippen LogP contribution in [0.5, 0.6) is 5.75 Å². The number of ether oxygens (including phenoxy) is 1. The summed E-state index contributed by atoms with van der Waals surface area (Å²) in [6.45, 7) is 9.13. The normalized spacial score (nSPS) is 24.6. The van der Waals surface area contributed by atoms with Gasteiger partial charge in [-0.1, -0.05) is 31.2 Å². The summed E-state index contributed by atoms with van der Waals surface area (Å²) in [5, 5.41) is 0. The quantitative estimate of drug-likeness (QED) is 0.705. The van der Waals surface area contributed by atoms with Gasteiger partial charge in [0.05, 0.1) is 0 Å². The molecule has 2 fully saturated rings. The zero-order valence-corrected chi connectivity index (χ0v) is 15.1. The predicted molar refractivity (Wildman–Crippen MR) is 100 cm³/mol. The lowest BCUT2D eigenvalue weighted by Crippen LogP contribution is -2.50. The fourth-order valence-corrected chi connectivity index (χ4v) is 4.46. The maximum Gasteiger partial charge on any atom is 0.120 e. The van der Waals surface area contributed by atoms with Gasteiger partial charge in [-0.05, 0) is 69.4 Å². The molecule has 0 aliphatic carbocycles. The molecule has 2 heterocycles. The molecule has 0 aromatic heterocycles. The van der Waals surface area contributed by atoms with E-state index in [1.807, 2.05) is 6.07 Å². The van der Waals surface area contributed by atoms with Crippen LogP contribution in [0.1, 0.15) is 37.7 Å². The molecule has 1 aromatic carbocycles. The first-order valence-electron chi connectivity index (χ1n) is 9.51. The van der Waals surface area contributed by atoms with Crippen LogP contribution in [-0.4, -0.2) is 49.1 Å². The Bertz CT molecular complexity index is 528. The van der Waals surface area contributed by atoms with Crippen LogP contribution in [-0.2, 0) is 6.54 Å². The molecule has 3 nitrogen and oxygen atoms in total. The molecule has 0 bridgehead atoms. The van der Waals surface area contributed by atoms with E-state index < -0.39 is 0 Å². The molecule has 3 heteroatoms. The van der Waals surface area contributed by atoms with E-state index in [-0.39, 0.29) is 0 Å². The highest BCUT2D eigenvalue weighted by molar-refractivity contribution is 5.28. The Hall–Kier alpha value is -1.32. The second-order valence-corrected chi connectivity index (χ2v) is 7.45. The summed E-state index contributed by atoms with van der Waals surface area (Å²) in [6.07, 6.45) is 8.79. The van der Waals surface area contributed by atoms with E-state index in [0.717, 1.165) is 24.3 Å². The van der Waals surface area contributed by atoms with Gasteiger partial charge in [-0.15, -0.1) is 0 Å². The SMILES string of the molecule is C=CCOc1cccc(CN(C)C[C@@H]2CCCN3CCCC[C@H]23)c1. The van der Waals surface area contributed by atoms with Crippen molar-refractivity contribution in [1.82, 2.24) is 9.80 Å². The minimum atomic E-state index is 0.568. The number of benzene rings is 1. The van der Waals surface area contributed by atoms with Gasteiger partial charge < -0.3 is 14.5 Å². The van der Waals surface area contributed by atoms with Gasteiger partial charge in [-0.3, -0.25) is 0 Å². The highest BCUT2D eigenvalue weighted by atomic mass is 16.5. The van der Waals surface area contributed by atoms with Crippen molar-refractivity contribution in [2.24, 2.45) is 5.92 Å². The van der Waals surface area contributed by atoms with E-state index in [1.165, 1.54) is 57.3 Å². The van der Waals surface area contributed by atoms with Crippen LogP contribution in [0.25, 0.3) is 0 Å². The van der Waals surface area contributed by atoms with Gasteiger partial charge in [0.25, 0.3) is 0 Å². The van der Waals surface area contributed by atoms with E-state index in [1.54, 1.807) is 6.08 Å². The van der Waals surface area contributed by atoms with E-state index in [9.17, 15) is 0 Å². The van der Waals surface area contributed by atoms with Gasteiger partial charge >= 0.3 is 0 Å². The molecule has 0 spiro atoms. The van der Waals surface area contributed by atoms with Crippen LogP contribution >= 0.6 is 0 Å². The second kappa shape index (κ2) is 8.68. The van der Waals surface area contributed by atoms with E-state index in [4.69, 9.17) is 4.74 Å². The van der Waals surface area contributed by atoms with Crippen LogP contribution < -0.4 is 4.74 Å². The Balaban J connectivity index is 1.54. The lowest BCUT2D eigenvalue weighted by molar-refractivity contribution is 0.0435. The molecule has 0 saturated carbocycles. The third-order valence-corrected chi connectivity index (χ3v) is 5.49. The summed E-state index contributed by atoms with van der Waals surface area (Å²) in [7, 11) is 2.26. The summed E-state index contributed by atoms with van der Waals surface area (Å²) < 4.78 is 5.65. The van der Waals surface area contributed by atoms with Crippen molar-refractivity contribution in [3.63, 3.8) is 0 Å². The maximum atomic E-state index is 5.65. The van der Waals surface area contributed by atoms with Gasteiger partial charge in [0.1, 0.15) is 12.4 Å². The minimum absolute atomic E-state index is 0.568. The first-order valence-corrected chi connectivity index (χ1v) is 9.51. The van der Waals surface area contributed by atoms with Crippen molar-refractivity contribution < 1.29 is 4.74 Å². The fraction of sp³-hybridized carbons (Fsp3) is 0.619. The molecular formula is C21H32N2O. The summed E-state index contributed by atoms with van der Waals surface area (Å²) in [5.41, 5.74) is 1.33. The number of hydrogen-bond acceptors (Lipinski definition) is 3. The van der Waals surface area contributed by atoms with Gasteiger partial charge in [0.15, 0.2) is 0 Å². The van der Waals surface area contributed by atoms with Crippen molar-refractivity contribution in [3.8, 4) is 5.75 Å². The van der Waals surface area contributed by atoms with Gasteiger partial charge in [0.2, 0.25) is 0 Å². The molecule has 3 rings (SSSR count). The van der Waals surface area contributed by atoms with Crippen molar-refractivity contribution in [2.45, 2.75) is 44.7 Å². The molecule has 24 heavy (non-hydrogen) atoms. The molecule has 0 amide bonds. The first-order chi connectivity index (χ1) is 11.8. The van der Waals surface area contributed by atoms with Crippen molar-refractivity contribution >= 4 is 0 Å². The first kappa shape index (κ1) is 17.5. The topological polar surface area (TPSA) is 15.7 Å². The van der Waals surface area contributed by atoms with E-state index in [2.05, 4.69) is 41.6 Å². The van der Waals surface area contributed by atoms with Crippen LogP contribution in [0.2, 0.25) is 0 Å². The summed E-state index contributed by atoms with van der Waals surface area (Å²) in [4.78, 5) is 5.25. The molecule has 2 saturated heterocycles. The van der Waals surface area contributed by atoms with E-state index >= 15 is 0 Å². The zero-order chi connectivity index (χ0) is 16.8. The smallest absolute Gasteiger partial charge is 0.120 e. The second-order valence-electron chi connectivity index (χ2n) is 7.45. The average Bonchev–Trinajstić information content (AvgIpc) is 2.60. The Labute approximate surface area is 147 Å². The third-order valence-electron chi connectivity index (χ3n) is 5.49. The Morgan fingerprint density at radius 1 is 1.25 bits per heavy atom. The van der Waals surface area contributed by atoms with Gasteiger partial charge in [-0.25, -0.2) is 0 Å². The van der Waals surface area contributed by atoms with Crippen LogP contribution in [0.3, 0.4) is 0 Å². The van der Waals surface area contributed by atoms with Crippen molar-refractivity contribution in [1.29, 1.82) is 0 Å². The van der Waals surface area contributed by atoms with Crippen LogP contribution in [0.15, 0.2) is 36.9 Å². The summed E-state index contributed by atoms with van der Waals surface area (Å²) in [6, 6.07) is 9.30. The molecule has 0 radical (unpaired) electrons. The number of fused-ring (bicyclic) bond motifs is 1. The molecule has 2 aliphatic rings. The fourth-order valence-electron chi connectivity index (χ4n) is 4.46. The largest absolute Gasteiger partial charge is 0.490 e. The van der Waals surface area contributed by atoms with Crippen LogP contribution in [0.4, 0.5) is 0 Å². The number of nitrogens with zero attached hydrogens (tertiary/aromatic N) is 2. The maximum absolute atomic E-state index is 5.65. The molecule has 0 unspecified atom stereocenters. The van der Waals surface area contributed by atoms with Crippen molar-refractivity contribution in [3.05, 3.63) is 42.5 Å². The Kier molecular flexibility index (Phi) is 6.33. The molecule has 1 aromatic rings. The van der Waals surface area contributed by atoms with Gasteiger partial charge in [-0.2, -0.15) is 0 Å². The highest BCUT2D eigenvalue weighted by Crippen LogP contribution is 2.31. The monoisotopic (exact) mass is 328 g/mol. The lowest BCUT2D eigenvalue weighted by atomic mass is 9.83. The molecule has 2 atom stereocenters. The van der Waals surface area contributed by atoms with Crippen LogP contribution in [0, 0.1) is 5.92 Å². The lowest BCUT2D eigenvalue weighted by Gasteiger charge is -2.45. The zero-order valence-electron chi connectivity index (χ0n) is 15.1. The van der Waals surface area contributed by atoms with E-state index in [0.29, 0.717) is 6.61 Å². The van der Waals surface area contributed by atoms with Crippen molar-refractivity contribution in [2.75, 3.05) is 33.3 Å². The molecule has 2 aliphatic heterocycles. The molecule has 132 valence electrons. The predicted octanol–water partition coefficient (Wildman–Crippen LogP) is 3.95. The third kappa shape index (κ3) is 4.61. The number of rotatable bonds is 7.